The van der Waals surface area contributed by atoms with Crippen LogP contribution < -0.4 is 10.1 Å². The third-order valence-corrected chi connectivity index (χ3v) is 7.36. The Morgan fingerprint density at radius 1 is 1.17 bits per heavy atom. The molecule has 9 nitrogen and oxygen atoms in total. The highest BCUT2D eigenvalue weighted by Gasteiger charge is 2.38. The van der Waals surface area contributed by atoms with Crippen LogP contribution in [0, 0.1) is 16.0 Å². The Balaban J connectivity index is 1.46. The number of anilines is 1. The molecule has 41 heavy (non-hydrogen) atoms. The van der Waals surface area contributed by atoms with Crippen LogP contribution in [0.5, 0.6) is 5.75 Å². The Hall–Kier alpha value is -3.57. The maximum atomic E-state index is 13.3. The van der Waals surface area contributed by atoms with Gasteiger partial charge in [0.2, 0.25) is 0 Å². The van der Waals surface area contributed by atoms with Crippen LogP contribution >= 0.6 is 0 Å². The highest BCUT2D eigenvalue weighted by molar-refractivity contribution is 5.67. The van der Waals surface area contributed by atoms with E-state index in [1.807, 2.05) is 19.2 Å². The maximum Gasteiger partial charge on any atom is 0.423 e. The van der Waals surface area contributed by atoms with E-state index in [-0.39, 0.29) is 23.9 Å². The van der Waals surface area contributed by atoms with E-state index in [9.17, 15) is 28.1 Å². The standard InChI is InChI=1S/C29H39F3N4O5/c1-4-14-35(28(37)40-3)15-13-20(2)5-6-21-16-25(19-33-18-21)41-24-10-7-22(8-11-24)34-23-9-12-27(36(38)39)26(17-23)29(30,31)32/h9,12,16-20,22,24,34H,4-8,10-11,13-15H2,1-3H3/t20?,22-,24-. The molecule has 1 amide bonds. The van der Waals surface area contributed by atoms with Crippen LogP contribution in [0.25, 0.3) is 0 Å². The fraction of sp³-hybridized carbons (Fsp3) is 0.586. The molecule has 2 aromatic rings. The van der Waals surface area contributed by atoms with Gasteiger partial charge < -0.3 is 19.7 Å². The summed E-state index contributed by atoms with van der Waals surface area (Å²) in [5, 5.41) is 14.1. The third-order valence-electron chi connectivity index (χ3n) is 7.36. The summed E-state index contributed by atoms with van der Waals surface area (Å²) < 4.78 is 50.9. The molecule has 1 aliphatic rings. The number of nitro groups is 1. The number of nitrogens with one attached hydrogen (secondary N) is 1. The number of ether oxygens (including phenoxy) is 2. The molecule has 1 fully saturated rings. The lowest BCUT2D eigenvalue weighted by atomic mass is 9.92. The molecule has 3 rings (SSSR count). The van der Waals surface area contributed by atoms with E-state index in [2.05, 4.69) is 17.2 Å². The molecule has 1 heterocycles. The van der Waals surface area contributed by atoms with Crippen LogP contribution in [-0.4, -0.2) is 53.2 Å². The summed E-state index contributed by atoms with van der Waals surface area (Å²) in [6, 6.07) is 4.95. The van der Waals surface area contributed by atoms with Gasteiger partial charge in [0, 0.05) is 37.1 Å². The van der Waals surface area contributed by atoms with E-state index < -0.39 is 22.4 Å². The van der Waals surface area contributed by atoms with E-state index in [0.717, 1.165) is 43.4 Å². The van der Waals surface area contributed by atoms with E-state index in [1.54, 1.807) is 11.1 Å². The molecule has 226 valence electrons. The summed E-state index contributed by atoms with van der Waals surface area (Å²) in [5.41, 5.74) is -0.933. The summed E-state index contributed by atoms with van der Waals surface area (Å²) in [4.78, 5) is 27.9. The van der Waals surface area contributed by atoms with Crippen LogP contribution in [0.2, 0.25) is 0 Å². The highest BCUT2D eigenvalue weighted by Crippen LogP contribution is 2.38. The number of amides is 1. The number of methoxy groups -OCH3 is 1. The van der Waals surface area contributed by atoms with Crippen LogP contribution in [-0.2, 0) is 17.3 Å². The minimum Gasteiger partial charge on any atom is -0.489 e. The molecular weight excluding hydrogens is 541 g/mol. The first kappa shape index (κ1) is 32.0. The van der Waals surface area contributed by atoms with E-state index in [4.69, 9.17) is 9.47 Å². The minimum atomic E-state index is -4.81. The number of nitro benzene ring substituents is 1. The average molecular weight is 581 g/mol. The summed E-state index contributed by atoms with van der Waals surface area (Å²) in [6.07, 6.45) is 4.73. The topological polar surface area (TPSA) is 107 Å². The molecule has 1 N–H and O–H groups in total. The normalized spacial score (nSPS) is 17.9. The number of carbonyl (C=O) groups excluding carboxylic acids is 1. The number of benzene rings is 1. The van der Waals surface area contributed by atoms with Gasteiger partial charge in [-0.05, 0) is 81.0 Å². The Morgan fingerprint density at radius 2 is 1.90 bits per heavy atom. The number of aromatic nitrogens is 1. The van der Waals surface area contributed by atoms with Crippen molar-refractivity contribution in [2.75, 3.05) is 25.5 Å². The zero-order valence-corrected chi connectivity index (χ0v) is 23.8. The molecule has 12 heteroatoms. The lowest BCUT2D eigenvalue weighted by Crippen LogP contribution is -2.33. The lowest BCUT2D eigenvalue weighted by molar-refractivity contribution is -0.388. The van der Waals surface area contributed by atoms with Crippen molar-refractivity contribution in [1.82, 2.24) is 9.88 Å². The van der Waals surface area contributed by atoms with Gasteiger partial charge in [0.1, 0.15) is 11.3 Å². The highest BCUT2D eigenvalue weighted by atomic mass is 19.4. The monoisotopic (exact) mass is 580 g/mol. The molecule has 1 saturated carbocycles. The number of alkyl halides is 3. The van der Waals surface area contributed by atoms with Crippen molar-refractivity contribution in [3.8, 4) is 5.75 Å². The quantitative estimate of drug-likeness (QED) is 0.196. The van der Waals surface area contributed by atoms with Gasteiger partial charge in [-0.2, -0.15) is 13.2 Å². The SMILES string of the molecule is CCCN(CCC(C)CCc1cncc(O[C@H]2CC[C@H](Nc3ccc([N+](=O)[O-])c(C(F)(F)F)c3)CC2)c1)C(=O)OC. The third kappa shape index (κ3) is 9.79. The molecule has 1 atom stereocenters. The second-order valence-electron chi connectivity index (χ2n) is 10.6. The summed E-state index contributed by atoms with van der Waals surface area (Å²) in [7, 11) is 1.40. The van der Waals surface area contributed by atoms with Crippen molar-refractivity contribution in [3.05, 3.63) is 57.9 Å². The largest absolute Gasteiger partial charge is 0.489 e. The number of hydrogen-bond acceptors (Lipinski definition) is 7. The van der Waals surface area contributed by atoms with Gasteiger partial charge in [-0.1, -0.05) is 13.8 Å². The molecular formula is C29H39F3N4O5. The number of halogens is 3. The minimum absolute atomic E-state index is 0.0329. The van der Waals surface area contributed by atoms with Gasteiger partial charge in [0.05, 0.1) is 24.3 Å². The first-order chi connectivity index (χ1) is 19.5. The fourth-order valence-corrected chi connectivity index (χ4v) is 5.06. The Kier molecular flexibility index (Phi) is 11.6. The van der Waals surface area contributed by atoms with Crippen LogP contribution in [0.4, 0.5) is 29.3 Å². The van der Waals surface area contributed by atoms with E-state index in [1.165, 1.54) is 13.2 Å². The van der Waals surface area contributed by atoms with Crippen molar-refractivity contribution in [2.45, 2.75) is 83.5 Å². The summed E-state index contributed by atoms with van der Waals surface area (Å²) in [5.74, 6) is 1.10. The molecule has 0 aliphatic heterocycles. The first-order valence-corrected chi connectivity index (χ1v) is 14.1. The molecule has 0 saturated heterocycles. The number of carbonyl (C=O) groups is 1. The summed E-state index contributed by atoms with van der Waals surface area (Å²) in [6.45, 7) is 5.54. The number of hydrogen-bond donors (Lipinski definition) is 1. The molecule has 1 aliphatic carbocycles. The number of aryl methyl sites for hydroxylation is 1. The first-order valence-electron chi connectivity index (χ1n) is 14.1. The zero-order valence-electron chi connectivity index (χ0n) is 23.8. The predicted molar refractivity (Wildman–Crippen MR) is 149 cm³/mol. The lowest BCUT2D eigenvalue weighted by Gasteiger charge is -2.30. The molecule has 0 radical (unpaired) electrons. The Morgan fingerprint density at radius 3 is 2.54 bits per heavy atom. The van der Waals surface area contributed by atoms with Crippen molar-refractivity contribution in [1.29, 1.82) is 0 Å². The second kappa shape index (κ2) is 14.9. The van der Waals surface area contributed by atoms with E-state index >= 15 is 0 Å². The van der Waals surface area contributed by atoms with Gasteiger partial charge in [-0.3, -0.25) is 15.1 Å². The molecule has 1 aromatic carbocycles. The van der Waals surface area contributed by atoms with E-state index in [0.29, 0.717) is 50.4 Å². The smallest absolute Gasteiger partial charge is 0.423 e. The van der Waals surface area contributed by atoms with Crippen LogP contribution in [0.3, 0.4) is 0 Å². The Bertz CT molecular complexity index is 1160. The van der Waals surface area contributed by atoms with Gasteiger partial charge >= 0.3 is 12.3 Å². The Labute approximate surface area is 238 Å². The summed E-state index contributed by atoms with van der Waals surface area (Å²) >= 11 is 0. The van der Waals surface area contributed by atoms with Crippen molar-refractivity contribution >= 4 is 17.5 Å². The maximum absolute atomic E-state index is 13.3. The van der Waals surface area contributed by atoms with Crippen molar-refractivity contribution in [2.24, 2.45) is 5.92 Å². The number of nitrogens with zero attached hydrogens (tertiary/aromatic N) is 3. The zero-order chi connectivity index (χ0) is 30.0. The average Bonchev–Trinajstić information content (AvgIpc) is 2.94. The molecule has 1 aromatic heterocycles. The molecule has 0 spiro atoms. The second-order valence-corrected chi connectivity index (χ2v) is 10.6. The van der Waals surface area contributed by atoms with Crippen LogP contribution in [0.15, 0.2) is 36.7 Å². The van der Waals surface area contributed by atoms with Crippen molar-refractivity contribution in [3.63, 3.8) is 0 Å². The van der Waals surface area contributed by atoms with Crippen LogP contribution in [0.1, 0.15) is 69.9 Å². The molecule has 1 unspecified atom stereocenters. The number of pyridine rings is 1. The number of rotatable bonds is 13. The van der Waals surface area contributed by atoms with Gasteiger partial charge in [0.25, 0.3) is 5.69 Å². The predicted octanol–water partition coefficient (Wildman–Crippen LogP) is 7.25. The molecule has 0 bridgehead atoms. The van der Waals surface area contributed by atoms with Gasteiger partial charge in [0.15, 0.2) is 0 Å². The van der Waals surface area contributed by atoms with Gasteiger partial charge in [-0.25, -0.2) is 4.79 Å². The van der Waals surface area contributed by atoms with Crippen molar-refractivity contribution < 1.29 is 32.4 Å². The van der Waals surface area contributed by atoms with Gasteiger partial charge in [-0.15, -0.1) is 0 Å². The fourth-order valence-electron chi connectivity index (χ4n) is 5.06.